The minimum Gasteiger partial charge on any atom is -0.493 e. The molecule has 7 heteroatoms. The molecule has 1 saturated carbocycles. The first-order valence-electron chi connectivity index (χ1n) is 8.54. The Kier molecular flexibility index (Phi) is 5.63. The van der Waals surface area contributed by atoms with Crippen LogP contribution in [0.4, 0.5) is 0 Å². The van der Waals surface area contributed by atoms with Crippen LogP contribution in [-0.4, -0.2) is 37.2 Å². The van der Waals surface area contributed by atoms with Gasteiger partial charge < -0.3 is 14.2 Å². The van der Waals surface area contributed by atoms with E-state index >= 15 is 0 Å². The first-order valence-corrected chi connectivity index (χ1v) is 9.36. The van der Waals surface area contributed by atoms with Crippen LogP contribution in [0.3, 0.4) is 0 Å². The van der Waals surface area contributed by atoms with Crippen molar-refractivity contribution < 1.29 is 14.2 Å². The monoisotopic (exact) mass is 363 g/mol. The molecular formula is C18H25N3O3S. The zero-order valence-corrected chi connectivity index (χ0v) is 16.1. The van der Waals surface area contributed by atoms with E-state index < -0.39 is 0 Å². The molecule has 0 amide bonds. The molecule has 1 fully saturated rings. The maximum atomic E-state index is 5.44. The van der Waals surface area contributed by atoms with Gasteiger partial charge in [0, 0.05) is 12.6 Å². The molecule has 0 radical (unpaired) electrons. The van der Waals surface area contributed by atoms with Gasteiger partial charge in [-0.1, -0.05) is 30.6 Å². The fraction of sp³-hybridized carbons (Fsp3) is 0.556. The van der Waals surface area contributed by atoms with Crippen molar-refractivity contribution in [1.29, 1.82) is 0 Å². The minimum atomic E-state index is 0.424. The summed E-state index contributed by atoms with van der Waals surface area (Å²) in [6, 6.07) is 4.27. The first kappa shape index (κ1) is 17.8. The lowest BCUT2D eigenvalue weighted by molar-refractivity contribution is 0.324. The third-order valence-electron chi connectivity index (χ3n) is 4.49. The molecule has 0 spiro atoms. The Morgan fingerprint density at radius 1 is 1.04 bits per heavy atom. The van der Waals surface area contributed by atoms with Gasteiger partial charge in [0.15, 0.2) is 11.5 Å². The Bertz CT molecular complexity index is 766. The maximum absolute atomic E-state index is 5.44. The molecule has 0 bridgehead atoms. The fourth-order valence-corrected chi connectivity index (χ4v) is 4.10. The van der Waals surface area contributed by atoms with Crippen molar-refractivity contribution in [2.75, 3.05) is 21.3 Å². The highest BCUT2D eigenvalue weighted by molar-refractivity contribution is 7.12. The van der Waals surface area contributed by atoms with Crippen LogP contribution < -0.4 is 19.0 Å². The maximum Gasteiger partial charge on any atom is 0.203 e. The number of hydrogen-bond acceptors (Lipinski definition) is 6. The van der Waals surface area contributed by atoms with E-state index in [1.807, 2.05) is 23.9 Å². The van der Waals surface area contributed by atoms with Gasteiger partial charge >= 0.3 is 0 Å². The number of aromatic nitrogens is 2. The van der Waals surface area contributed by atoms with E-state index in [0.717, 1.165) is 15.4 Å². The van der Waals surface area contributed by atoms with Crippen molar-refractivity contribution in [2.24, 2.45) is 12.0 Å². The van der Waals surface area contributed by atoms with Gasteiger partial charge in [0.1, 0.15) is 5.01 Å². The molecular weight excluding hydrogens is 338 g/mol. The Balaban J connectivity index is 2.00. The Labute approximate surface area is 152 Å². The van der Waals surface area contributed by atoms with Crippen LogP contribution in [0.5, 0.6) is 17.2 Å². The van der Waals surface area contributed by atoms with Crippen LogP contribution in [0.1, 0.15) is 32.1 Å². The molecule has 1 heterocycles. The summed E-state index contributed by atoms with van der Waals surface area (Å²) >= 11 is 1.59. The topological polar surface area (TPSA) is 57.9 Å². The van der Waals surface area contributed by atoms with Gasteiger partial charge in [-0.15, -0.1) is 0 Å². The molecule has 1 aliphatic rings. The van der Waals surface area contributed by atoms with E-state index in [1.54, 1.807) is 32.7 Å². The molecule has 1 aliphatic carbocycles. The summed E-state index contributed by atoms with van der Waals surface area (Å²) < 4.78 is 18.1. The van der Waals surface area contributed by atoms with Crippen molar-refractivity contribution in [3.05, 3.63) is 16.9 Å². The van der Waals surface area contributed by atoms with E-state index in [1.165, 1.54) is 32.1 Å². The predicted octanol–water partition coefficient (Wildman–Crippen LogP) is 3.41. The third kappa shape index (κ3) is 3.81. The molecule has 25 heavy (non-hydrogen) atoms. The van der Waals surface area contributed by atoms with Crippen LogP contribution >= 0.6 is 11.3 Å². The number of ether oxygens (including phenoxy) is 3. The second kappa shape index (κ2) is 7.91. The minimum absolute atomic E-state index is 0.424. The SMILES string of the molecule is COc1cc(-c2nn(C)/c(=N/C3CCCCC3)s2)cc(OC)c1OC. The second-order valence-electron chi connectivity index (χ2n) is 6.15. The standard InChI is InChI=1S/C18H25N3O3S/c1-21-18(19-13-8-6-5-7-9-13)25-17(20-21)12-10-14(22-2)16(24-4)15(11-12)23-3/h10-11,13H,5-9H2,1-4H3/b19-18-. The quantitative estimate of drug-likeness (QED) is 0.817. The van der Waals surface area contributed by atoms with Gasteiger partial charge in [-0.3, -0.25) is 4.99 Å². The fourth-order valence-electron chi connectivity index (χ4n) is 3.15. The zero-order valence-electron chi connectivity index (χ0n) is 15.2. The van der Waals surface area contributed by atoms with E-state index in [-0.39, 0.29) is 0 Å². The Morgan fingerprint density at radius 3 is 2.24 bits per heavy atom. The zero-order chi connectivity index (χ0) is 17.8. The van der Waals surface area contributed by atoms with E-state index in [4.69, 9.17) is 19.2 Å². The van der Waals surface area contributed by atoms with Crippen molar-refractivity contribution >= 4 is 11.3 Å². The summed E-state index contributed by atoms with van der Waals surface area (Å²) in [6.07, 6.45) is 6.24. The molecule has 136 valence electrons. The molecule has 3 rings (SSSR count). The van der Waals surface area contributed by atoms with Crippen molar-refractivity contribution in [3.8, 4) is 27.8 Å². The largest absolute Gasteiger partial charge is 0.493 e. The number of benzene rings is 1. The average molecular weight is 363 g/mol. The first-order chi connectivity index (χ1) is 12.2. The molecule has 0 aliphatic heterocycles. The van der Waals surface area contributed by atoms with Crippen LogP contribution in [0.15, 0.2) is 17.1 Å². The highest BCUT2D eigenvalue weighted by atomic mass is 32.1. The van der Waals surface area contributed by atoms with Gasteiger partial charge in [0.2, 0.25) is 10.6 Å². The summed E-state index contributed by atoms with van der Waals surface area (Å²) in [5.74, 6) is 1.84. The number of nitrogens with zero attached hydrogens (tertiary/aromatic N) is 3. The Hall–Kier alpha value is -2.02. The van der Waals surface area contributed by atoms with E-state index in [9.17, 15) is 0 Å². The normalized spacial score (nSPS) is 16.1. The molecule has 1 aromatic carbocycles. The van der Waals surface area contributed by atoms with Crippen molar-refractivity contribution in [2.45, 2.75) is 38.1 Å². The predicted molar refractivity (Wildman–Crippen MR) is 98.6 cm³/mol. The van der Waals surface area contributed by atoms with Crippen LogP contribution in [-0.2, 0) is 7.05 Å². The van der Waals surface area contributed by atoms with Gasteiger partial charge in [0.25, 0.3) is 0 Å². The summed E-state index contributed by atoms with van der Waals surface area (Å²) in [7, 11) is 6.78. The number of rotatable bonds is 5. The molecule has 2 aromatic rings. The van der Waals surface area contributed by atoms with Gasteiger partial charge in [-0.05, 0) is 25.0 Å². The molecule has 0 atom stereocenters. The lowest BCUT2D eigenvalue weighted by atomic mass is 9.96. The number of hydrogen-bond donors (Lipinski definition) is 0. The van der Waals surface area contributed by atoms with Gasteiger partial charge in [-0.2, -0.15) is 5.10 Å². The number of aryl methyl sites for hydroxylation is 1. The van der Waals surface area contributed by atoms with Gasteiger partial charge in [0.05, 0.1) is 27.4 Å². The van der Waals surface area contributed by atoms with Crippen LogP contribution in [0, 0.1) is 0 Å². The molecule has 6 nitrogen and oxygen atoms in total. The highest BCUT2D eigenvalue weighted by Crippen LogP contribution is 2.41. The molecule has 1 aromatic heterocycles. The summed E-state index contributed by atoms with van der Waals surface area (Å²) in [6.45, 7) is 0. The summed E-state index contributed by atoms with van der Waals surface area (Å²) in [4.78, 5) is 5.87. The van der Waals surface area contributed by atoms with Crippen molar-refractivity contribution in [3.63, 3.8) is 0 Å². The van der Waals surface area contributed by atoms with Crippen LogP contribution in [0.2, 0.25) is 0 Å². The molecule has 0 saturated heterocycles. The lowest BCUT2D eigenvalue weighted by Crippen LogP contribution is -2.18. The molecule has 0 unspecified atom stereocenters. The van der Waals surface area contributed by atoms with Gasteiger partial charge in [-0.25, -0.2) is 4.68 Å². The van der Waals surface area contributed by atoms with E-state index in [2.05, 4.69) is 5.10 Å². The number of methoxy groups -OCH3 is 3. The van der Waals surface area contributed by atoms with Crippen LogP contribution in [0.25, 0.3) is 10.6 Å². The summed E-state index contributed by atoms with van der Waals surface area (Å²) in [5, 5.41) is 5.53. The lowest BCUT2D eigenvalue weighted by Gasteiger charge is -2.16. The van der Waals surface area contributed by atoms with E-state index in [0.29, 0.717) is 23.3 Å². The third-order valence-corrected chi connectivity index (χ3v) is 5.55. The highest BCUT2D eigenvalue weighted by Gasteiger charge is 2.17. The smallest absolute Gasteiger partial charge is 0.203 e. The molecule has 0 N–H and O–H groups in total. The Morgan fingerprint density at radius 2 is 1.68 bits per heavy atom. The average Bonchev–Trinajstić information content (AvgIpc) is 3.01. The second-order valence-corrected chi connectivity index (χ2v) is 7.10. The van der Waals surface area contributed by atoms with Crippen molar-refractivity contribution in [1.82, 2.24) is 9.78 Å². The summed E-state index contributed by atoms with van der Waals surface area (Å²) in [5.41, 5.74) is 0.931.